The fourth-order valence-electron chi connectivity index (χ4n) is 2.08. The lowest BCUT2D eigenvalue weighted by atomic mass is 10.1. The second kappa shape index (κ2) is 7.38. The monoisotopic (exact) mass is 346 g/mol. The Balaban J connectivity index is 1.74. The lowest BCUT2D eigenvalue weighted by Gasteiger charge is -2.08. The lowest BCUT2D eigenvalue weighted by Crippen LogP contribution is -2.02. The molecule has 0 bridgehead atoms. The SMILES string of the molecule is COc1ccc(C=O)cc1CSc1nnnn1Cc1cccs1. The van der Waals surface area contributed by atoms with Crippen molar-refractivity contribution >= 4 is 29.4 Å². The van der Waals surface area contributed by atoms with Crippen molar-refractivity contribution in [3.05, 3.63) is 51.7 Å². The maximum Gasteiger partial charge on any atom is 0.209 e. The number of aromatic nitrogens is 4. The Kier molecular flexibility index (Phi) is 5.04. The zero-order valence-electron chi connectivity index (χ0n) is 12.4. The number of tetrazole rings is 1. The molecule has 1 aromatic carbocycles. The molecule has 0 N–H and O–H groups in total. The Morgan fingerprint density at radius 3 is 3.04 bits per heavy atom. The van der Waals surface area contributed by atoms with Gasteiger partial charge in [-0.2, -0.15) is 0 Å². The van der Waals surface area contributed by atoms with Crippen molar-refractivity contribution in [3.63, 3.8) is 0 Å². The number of benzene rings is 1. The minimum absolute atomic E-state index is 0.621. The average Bonchev–Trinajstić information content (AvgIpc) is 3.25. The number of rotatable bonds is 7. The minimum atomic E-state index is 0.621. The zero-order valence-corrected chi connectivity index (χ0v) is 14.0. The van der Waals surface area contributed by atoms with Crippen molar-refractivity contribution in [2.45, 2.75) is 17.5 Å². The smallest absolute Gasteiger partial charge is 0.209 e. The molecule has 0 aliphatic heterocycles. The summed E-state index contributed by atoms with van der Waals surface area (Å²) < 4.78 is 7.11. The molecule has 6 nitrogen and oxygen atoms in total. The van der Waals surface area contributed by atoms with Crippen molar-refractivity contribution in [2.24, 2.45) is 0 Å². The minimum Gasteiger partial charge on any atom is -0.496 e. The quantitative estimate of drug-likeness (QED) is 0.484. The number of thioether (sulfide) groups is 1. The van der Waals surface area contributed by atoms with Gasteiger partial charge in [0, 0.05) is 21.8 Å². The van der Waals surface area contributed by atoms with Gasteiger partial charge >= 0.3 is 0 Å². The zero-order chi connectivity index (χ0) is 16.1. The van der Waals surface area contributed by atoms with E-state index in [0.29, 0.717) is 17.9 Å². The first-order valence-electron chi connectivity index (χ1n) is 6.83. The first-order valence-corrected chi connectivity index (χ1v) is 8.70. The van der Waals surface area contributed by atoms with Crippen LogP contribution in [0.2, 0.25) is 0 Å². The van der Waals surface area contributed by atoms with E-state index in [1.165, 1.54) is 16.6 Å². The highest BCUT2D eigenvalue weighted by molar-refractivity contribution is 7.98. The molecule has 3 rings (SSSR count). The van der Waals surface area contributed by atoms with Crippen LogP contribution in [0.15, 0.2) is 40.9 Å². The van der Waals surface area contributed by atoms with E-state index < -0.39 is 0 Å². The third-order valence-electron chi connectivity index (χ3n) is 3.18. The first kappa shape index (κ1) is 15.7. The molecular weight excluding hydrogens is 332 g/mol. The van der Waals surface area contributed by atoms with Crippen LogP contribution in [0.4, 0.5) is 0 Å². The fraction of sp³-hybridized carbons (Fsp3) is 0.200. The van der Waals surface area contributed by atoms with Crippen LogP contribution in [-0.2, 0) is 12.3 Å². The highest BCUT2D eigenvalue weighted by Crippen LogP contribution is 2.27. The van der Waals surface area contributed by atoms with Gasteiger partial charge < -0.3 is 4.74 Å². The van der Waals surface area contributed by atoms with Crippen LogP contribution in [0, 0.1) is 0 Å². The van der Waals surface area contributed by atoms with Crippen LogP contribution in [0.25, 0.3) is 0 Å². The third kappa shape index (κ3) is 3.77. The van der Waals surface area contributed by atoms with Crippen LogP contribution in [0.3, 0.4) is 0 Å². The Morgan fingerprint density at radius 1 is 1.39 bits per heavy atom. The van der Waals surface area contributed by atoms with Gasteiger partial charge in [-0.1, -0.05) is 17.8 Å². The number of hydrogen-bond donors (Lipinski definition) is 0. The fourth-order valence-corrected chi connectivity index (χ4v) is 3.62. The molecule has 2 heterocycles. The molecule has 0 aliphatic carbocycles. The second-order valence-corrected chi connectivity index (χ2v) is 6.65. The third-order valence-corrected chi connectivity index (χ3v) is 5.05. The van der Waals surface area contributed by atoms with E-state index in [1.54, 1.807) is 35.3 Å². The van der Waals surface area contributed by atoms with Crippen molar-refractivity contribution in [2.75, 3.05) is 7.11 Å². The van der Waals surface area contributed by atoms with Gasteiger partial charge in [0.15, 0.2) is 0 Å². The summed E-state index contributed by atoms with van der Waals surface area (Å²) in [5.41, 5.74) is 1.56. The molecule has 0 saturated carbocycles. The topological polar surface area (TPSA) is 69.9 Å². The van der Waals surface area contributed by atoms with Gasteiger partial charge in [0.2, 0.25) is 5.16 Å². The van der Waals surface area contributed by atoms with E-state index >= 15 is 0 Å². The Hall–Kier alpha value is -2.19. The molecule has 3 aromatic rings. The van der Waals surface area contributed by atoms with Crippen molar-refractivity contribution in [3.8, 4) is 5.75 Å². The molecule has 0 atom stereocenters. The maximum atomic E-state index is 10.9. The molecule has 0 aliphatic rings. The number of hydrogen-bond acceptors (Lipinski definition) is 7. The van der Waals surface area contributed by atoms with Crippen LogP contribution in [0.5, 0.6) is 5.75 Å². The Labute approximate surface area is 141 Å². The molecule has 2 aromatic heterocycles. The van der Waals surface area contributed by atoms with Gasteiger partial charge in [-0.05, 0) is 40.1 Å². The number of carbonyl (C=O) groups is 1. The van der Waals surface area contributed by atoms with Gasteiger partial charge in [0.05, 0.1) is 13.7 Å². The molecule has 8 heteroatoms. The molecule has 118 valence electrons. The van der Waals surface area contributed by atoms with Crippen molar-refractivity contribution < 1.29 is 9.53 Å². The van der Waals surface area contributed by atoms with Gasteiger partial charge in [-0.25, -0.2) is 4.68 Å². The summed E-state index contributed by atoms with van der Waals surface area (Å²) in [6, 6.07) is 9.42. The van der Waals surface area contributed by atoms with Crippen molar-refractivity contribution in [1.29, 1.82) is 0 Å². The Bertz CT molecular complexity index is 787. The van der Waals surface area contributed by atoms with Gasteiger partial charge in [0.25, 0.3) is 0 Å². The number of thiophene rings is 1. The van der Waals surface area contributed by atoms with Gasteiger partial charge in [-0.3, -0.25) is 4.79 Å². The number of ether oxygens (including phenoxy) is 1. The number of nitrogens with zero attached hydrogens (tertiary/aromatic N) is 4. The van der Waals surface area contributed by atoms with E-state index in [-0.39, 0.29) is 0 Å². The normalized spacial score (nSPS) is 10.7. The predicted molar refractivity (Wildman–Crippen MR) is 89.2 cm³/mol. The first-order chi connectivity index (χ1) is 11.3. The summed E-state index contributed by atoms with van der Waals surface area (Å²) in [7, 11) is 1.62. The standard InChI is InChI=1S/C15H14N4O2S2/c1-21-14-5-4-11(9-20)7-12(14)10-23-15-16-17-18-19(15)8-13-3-2-6-22-13/h2-7,9H,8,10H2,1H3. The van der Waals surface area contributed by atoms with Crippen LogP contribution in [0.1, 0.15) is 20.8 Å². The summed E-state index contributed by atoms with van der Waals surface area (Å²) in [6.07, 6.45) is 0.828. The molecule has 0 radical (unpaired) electrons. The average molecular weight is 346 g/mol. The molecule has 0 spiro atoms. The highest BCUT2D eigenvalue weighted by atomic mass is 32.2. The van der Waals surface area contributed by atoms with E-state index in [0.717, 1.165) is 22.8 Å². The number of aldehydes is 1. The van der Waals surface area contributed by atoms with E-state index in [1.807, 2.05) is 17.5 Å². The summed E-state index contributed by atoms with van der Waals surface area (Å²) in [4.78, 5) is 12.1. The summed E-state index contributed by atoms with van der Waals surface area (Å²) in [6.45, 7) is 0.651. The Morgan fingerprint density at radius 2 is 2.30 bits per heavy atom. The maximum absolute atomic E-state index is 10.9. The summed E-state index contributed by atoms with van der Waals surface area (Å²) in [5, 5.41) is 14.6. The molecular formula is C15H14N4O2S2. The predicted octanol–water partition coefficient (Wildman–Crippen LogP) is 2.90. The van der Waals surface area contributed by atoms with E-state index in [2.05, 4.69) is 21.6 Å². The molecule has 0 saturated heterocycles. The second-order valence-electron chi connectivity index (χ2n) is 4.68. The molecule has 0 amide bonds. The molecule has 0 fully saturated rings. The van der Waals surface area contributed by atoms with E-state index in [4.69, 9.17) is 4.74 Å². The van der Waals surface area contributed by atoms with Crippen LogP contribution < -0.4 is 4.74 Å². The van der Waals surface area contributed by atoms with Crippen LogP contribution >= 0.6 is 23.1 Å². The molecule has 23 heavy (non-hydrogen) atoms. The summed E-state index contributed by atoms with van der Waals surface area (Å²) in [5.74, 6) is 1.37. The van der Waals surface area contributed by atoms with E-state index in [9.17, 15) is 4.79 Å². The van der Waals surface area contributed by atoms with Gasteiger partial charge in [-0.15, -0.1) is 16.4 Å². The largest absolute Gasteiger partial charge is 0.496 e. The molecule has 0 unspecified atom stereocenters. The number of methoxy groups -OCH3 is 1. The highest BCUT2D eigenvalue weighted by Gasteiger charge is 2.11. The lowest BCUT2D eigenvalue weighted by molar-refractivity contribution is 0.112. The van der Waals surface area contributed by atoms with Crippen molar-refractivity contribution in [1.82, 2.24) is 20.2 Å². The summed E-state index contributed by atoms with van der Waals surface area (Å²) >= 11 is 3.18. The number of carbonyl (C=O) groups excluding carboxylic acids is 1. The van der Waals surface area contributed by atoms with Crippen LogP contribution in [-0.4, -0.2) is 33.6 Å². The van der Waals surface area contributed by atoms with Gasteiger partial charge in [0.1, 0.15) is 12.0 Å².